The van der Waals surface area contributed by atoms with Crippen LogP contribution in [0.4, 0.5) is 0 Å². The molecule has 1 atom stereocenters. The lowest BCUT2D eigenvalue weighted by Crippen LogP contribution is -2.51. The van der Waals surface area contributed by atoms with Gasteiger partial charge in [0.15, 0.2) is 5.54 Å². The Morgan fingerprint density at radius 3 is 2.64 bits per heavy atom. The third kappa shape index (κ3) is 3.19. The van der Waals surface area contributed by atoms with Crippen molar-refractivity contribution in [1.29, 1.82) is 0 Å². The number of nitrogens with one attached hydrogen (secondary N) is 1. The molecule has 8 heteroatoms. The molecule has 2 N–H and O–H groups in total. The smallest absolute Gasteiger partial charge is 0.346 e. The van der Waals surface area contributed by atoms with Gasteiger partial charge in [0.05, 0.1) is 0 Å². The summed E-state index contributed by atoms with van der Waals surface area (Å²) >= 11 is 0. The summed E-state index contributed by atoms with van der Waals surface area (Å²) in [6, 6.07) is 8.45. The lowest BCUT2D eigenvalue weighted by molar-refractivity contribution is -0.147. The highest BCUT2D eigenvalue weighted by Crippen LogP contribution is 2.21. The molecular weight excluding hydrogens is 324 g/mol. The van der Waals surface area contributed by atoms with Crippen molar-refractivity contribution in [3.05, 3.63) is 52.2 Å². The van der Waals surface area contributed by atoms with Gasteiger partial charge in [-0.15, -0.1) is 0 Å². The number of carbonyl (C=O) groups is 2. The Kier molecular flexibility index (Phi) is 4.43. The number of rotatable bonds is 5. The van der Waals surface area contributed by atoms with E-state index in [0.29, 0.717) is 24.4 Å². The van der Waals surface area contributed by atoms with E-state index in [1.165, 1.54) is 6.92 Å². The molecule has 1 aliphatic heterocycles. The van der Waals surface area contributed by atoms with Gasteiger partial charge in [-0.25, -0.2) is 14.3 Å². The lowest BCUT2D eigenvalue weighted by Gasteiger charge is -2.26. The van der Waals surface area contributed by atoms with Crippen LogP contribution in [-0.2, 0) is 34.6 Å². The summed E-state index contributed by atoms with van der Waals surface area (Å²) in [7, 11) is 0. The average molecular weight is 344 g/mol. The Morgan fingerprint density at radius 1 is 1.28 bits per heavy atom. The molecule has 0 fully saturated rings. The second kappa shape index (κ2) is 6.54. The van der Waals surface area contributed by atoms with Gasteiger partial charge in [-0.3, -0.25) is 9.36 Å². The normalized spacial score (nSPS) is 15.9. The van der Waals surface area contributed by atoms with Gasteiger partial charge in [-0.05, 0) is 25.3 Å². The molecule has 2 heterocycles. The predicted octanol–water partition coefficient (Wildman–Crippen LogP) is 0.497. The third-order valence-electron chi connectivity index (χ3n) is 4.49. The Hall–Kier alpha value is -2.90. The number of benzene rings is 1. The Labute approximate surface area is 144 Å². The van der Waals surface area contributed by atoms with Crippen molar-refractivity contribution in [3.63, 3.8) is 0 Å². The maximum absolute atomic E-state index is 12.4. The minimum absolute atomic E-state index is 0.311. The molecule has 0 bridgehead atoms. The number of carbonyl (C=O) groups excluding carboxylic acids is 1. The SMILES string of the molecule is CC(NC(=O)Cn1nc2n(c1=O)CCCC2)(C(=O)O)c1ccccc1. The molecule has 1 unspecified atom stereocenters. The van der Waals surface area contributed by atoms with E-state index in [1.54, 1.807) is 34.9 Å². The zero-order chi connectivity index (χ0) is 18.0. The molecule has 132 valence electrons. The standard InChI is InChI=1S/C17H20N4O4/c1-17(15(23)24,12-7-3-2-4-8-12)18-14(22)11-21-16(25)20-10-6-5-9-13(20)19-21/h2-4,7-8H,5-6,9-11H2,1H3,(H,18,22)(H,23,24). The summed E-state index contributed by atoms with van der Waals surface area (Å²) in [6.45, 7) is 1.71. The first-order valence-corrected chi connectivity index (χ1v) is 8.18. The average Bonchev–Trinajstić information content (AvgIpc) is 2.91. The zero-order valence-corrected chi connectivity index (χ0v) is 13.9. The molecule has 25 heavy (non-hydrogen) atoms. The second-order valence-electron chi connectivity index (χ2n) is 6.31. The molecular formula is C17H20N4O4. The molecule has 1 aromatic carbocycles. The summed E-state index contributed by atoms with van der Waals surface area (Å²) in [6.07, 6.45) is 2.59. The fraction of sp³-hybridized carbons (Fsp3) is 0.412. The van der Waals surface area contributed by atoms with Crippen LogP contribution in [0.2, 0.25) is 0 Å². The topological polar surface area (TPSA) is 106 Å². The van der Waals surface area contributed by atoms with Gasteiger partial charge in [0.25, 0.3) is 0 Å². The predicted molar refractivity (Wildman–Crippen MR) is 89.0 cm³/mol. The fourth-order valence-corrected chi connectivity index (χ4v) is 3.03. The quantitative estimate of drug-likeness (QED) is 0.821. The van der Waals surface area contributed by atoms with Crippen LogP contribution in [0.25, 0.3) is 0 Å². The van der Waals surface area contributed by atoms with Crippen LogP contribution in [0.5, 0.6) is 0 Å². The van der Waals surface area contributed by atoms with Gasteiger partial charge < -0.3 is 10.4 Å². The molecule has 0 saturated carbocycles. The Bertz CT molecular complexity index is 855. The first kappa shape index (κ1) is 16.9. The second-order valence-corrected chi connectivity index (χ2v) is 6.31. The van der Waals surface area contributed by atoms with Crippen molar-refractivity contribution in [2.75, 3.05) is 0 Å². The van der Waals surface area contributed by atoms with Crippen molar-refractivity contribution in [3.8, 4) is 0 Å². The van der Waals surface area contributed by atoms with Crippen LogP contribution >= 0.6 is 0 Å². The van der Waals surface area contributed by atoms with E-state index in [4.69, 9.17) is 0 Å². The van der Waals surface area contributed by atoms with Gasteiger partial charge in [0, 0.05) is 13.0 Å². The van der Waals surface area contributed by atoms with Crippen LogP contribution in [0.1, 0.15) is 31.2 Å². The van der Waals surface area contributed by atoms with Crippen LogP contribution in [0, 0.1) is 0 Å². The van der Waals surface area contributed by atoms with Crippen LogP contribution in [0.15, 0.2) is 35.1 Å². The lowest BCUT2D eigenvalue weighted by atomic mass is 9.92. The molecule has 2 aromatic rings. The minimum atomic E-state index is -1.58. The number of aliphatic carboxylic acids is 1. The van der Waals surface area contributed by atoms with Gasteiger partial charge >= 0.3 is 11.7 Å². The molecule has 1 aromatic heterocycles. The maximum Gasteiger partial charge on any atom is 0.346 e. The first-order valence-electron chi connectivity index (χ1n) is 8.18. The molecule has 1 amide bonds. The number of aryl methyl sites for hydroxylation is 1. The molecule has 3 rings (SSSR count). The molecule has 0 aliphatic carbocycles. The van der Waals surface area contributed by atoms with E-state index in [0.717, 1.165) is 17.5 Å². The molecule has 0 saturated heterocycles. The van der Waals surface area contributed by atoms with Crippen molar-refractivity contribution >= 4 is 11.9 Å². The number of aromatic nitrogens is 3. The zero-order valence-electron chi connectivity index (χ0n) is 13.9. The highest BCUT2D eigenvalue weighted by atomic mass is 16.4. The van der Waals surface area contributed by atoms with E-state index >= 15 is 0 Å². The van der Waals surface area contributed by atoms with E-state index in [9.17, 15) is 19.5 Å². The summed E-state index contributed by atoms with van der Waals surface area (Å²) < 4.78 is 2.67. The molecule has 8 nitrogen and oxygen atoms in total. The number of carboxylic acid groups (broad SMARTS) is 1. The summed E-state index contributed by atoms with van der Waals surface area (Å²) in [5, 5.41) is 16.3. The Morgan fingerprint density at radius 2 is 2.00 bits per heavy atom. The highest BCUT2D eigenvalue weighted by molar-refractivity contribution is 5.87. The Balaban J connectivity index is 1.81. The monoisotopic (exact) mass is 344 g/mol. The summed E-state index contributed by atoms with van der Waals surface area (Å²) in [5.41, 5.74) is -1.46. The summed E-state index contributed by atoms with van der Waals surface area (Å²) in [4.78, 5) is 36.4. The van der Waals surface area contributed by atoms with Crippen molar-refractivity contribution in [2.45, 2.75) is 44.8 Å². The number of hydrogen-bond donors (Lipinski definition) is 2. The van der Waals surface area contributed by atoms with Crippen molar-refractivity contribution < 1.29 is 14.7 Å². The van der Waals surface area contributed by atoms with E-state index in [1.807, 2.05) is 0 Å². The van der Waals surface area contributed by atoms with Gasteiger partial charge in [0.1, 0.15) is 12.4 Å². The van der Waals surface area contributed by atoms with Crippen LogP contribution in [-0.4, -0.2) is 31.3 Å². The molecule has 0 radical (unpaired) electrons. The molecule has 1 aliphatic rings. The first-order chi connectivity index (χ1) is 11.9. The van der Waals surface area contributed by atoms with Crippen LogP contribution in [0.3, 0.4) is 0 Å². The third-order valence-corrected chi connectivity index (χ3v) is 4.49. The number of fused-ring (bicyclic) bond motifs is 1. The van der Waals surface area contributed by atoms with Crippen molar-refractivity contribution in [1.82, 2.24) is 19.7 Å². The van der Waals surface area contributed by atoms with E-state index in [2.05, 4.69) is 10.4 Å². The van der Waals surface area contributed by atoms with Crippen LogP contribution < -0.4 is 11.0 Å². The molecule has 0 spiro atoms. The van der Waals surface area contributed by atoms with E-state index in [-0.39, 0.29) is 12.2 Å². The number of carboxylic acids is 1. The van der Waals surface area contributed by atoms with Gasteiger partial charge in [-0.1, -0.05) is 30.3 Å². The number of hydrogen-bond acceptors (Lipinski definition) is 4. The fourth-order valence-electron chi connectivity index (χ4n) is 3.03. The minimum Gasteiger partial charge on any atom is -0.479 e. The van der Waals surface area contributed by atoms with Gasteiger partial charge in [0.2, 0.25) is 5.91 Å². The van der Waals surface area contributed by atoms with E-state index < -0.39 is 17.4 Å². The summed E-state index contributed by atoms with van der Waals surface area (Å²) in [5.74, 6) is -1.08. The largest absolute Gasteiger partial charge is 0.479 e. The maximum atomic E-state index is 12.4. The van der Waals surface area contributed by atoms with Gasteiger partial charge in [-0.2, -0.15) is 5.10 Å². The highest BCUT2D eigenvalue weighted by Gasteiger charge is 2.37. The van der Waals surface area contributed by atoms with Crippen molar-refractivity contribution in [2.24, 2.45) is 0 Å². The number of nitrogens with zero attached hydrogens (tertiary/aromatic N) is 3. The number of amides is 1.